The van der Waals surface area contributed by atoms with Crippen molar-refractivity contribution in [3.63, 3.8) is 0 Å². The van der Waals surface area contributed by atoms with E-state index in [-0.39, 0.29) is 6.42 Å². The van der Waals surface area contributed by atoms with E-state index in [9.17, 15) is 4.79 Å². The van der Waals surface area contributed by atoms with E-state index < -0.39 is 11.6 Å². The first kappa shape index (κ1) is 13.0. The maximum Gasteiger partial charge on any atom is 0.306 e. The Kier molecular flexibility index (Phi) is 4.33. The number of carboxylic acids is 1. The topological polar surface area (TPSA) is 46.5 Å². The second-order valence-corrected chi connectivity index (χ2v) is 4.40. The van der Waals surface area contributed by atoms with Crippen LogP contribution in [0.15, 0.2) is 24.3 Å². The van der Waals surface area contributed by atoms with Crippen molar-refractivity contribution in [1.82, 2.24) is 0 Å². The van der Waals surface area contributed by atoms with Gasteiger partial charge in [-0.25, -0.2) is 0 Å². The molecule has 1 rings (SSSR count). The van der Waals surface area contributed by atoms with Crippen LogP contribution >= 0.6 is 11.6 Å². The van der Waals surface area contributed by atoms with Crippen LogP contribution in [0.5, 0.6) is 0 Å². The monoisotopic (exact) mass is 242 g/mol. The molecule has 0 aliphatic rings. The Bertz CT molecular complexity index is 378. The lowest BCUT2D eigenvalue weighted by atomic mass is 9.93. The molecule has 0 saturated heterocycles. The van der Waals surface area contributed by atoms with Crippen LogP contribution < -0.4 is 0 Å². The van der Waals surface area contributed by atoms with E-state index in [4.69, 9.17) is 21.4 Å². The van der Waals surface area contributed by atoms with Crippen LogP contribution in [0.3, 0.4) is 0 Å². The molecule has 0 spiro atoms. The number of hydrogen-bond acceptors (Lipinski definition) is 2. The van der Waals surface area contributed by atoms with Crippen LogP contribution in [0.4, 0.5) is 0 Å². The van der Waals surface area contributed by atoms with Gasteiger partial charge < -0.3 is 9.84 Å². The largest absolute Gasteiger partial charge is 0.481 e. The number of carboxylic acid groups (broad SMARTS) is 1. The second-order valence-electron chi connectivity index (χ2n) is 3.99. The van der Waals surface area contributed by atoms with E-state index in [0.29, 0.717) is 11.4 Å². The molecule has 0 bridgehead atoms. The average Bonchev–Trinajstić information content (AvgIpc) is 2.20. The number of benzene rings is 1. The zero-order chi connectivity index (χ0) is 12.2. The molecule has 0 aromatic heterocycles. The maximum atomic E-state index is 10.7. The Morgan fingerprint density at radius 2 is 2.12 bits per heavy atom. The van der Waals surface area contributed by atoms with Crippen LogP contribution in [-0.4, -0.2) is 23.8 Å². The summed E-state index contributed by atoms with van der Waals surface area (Å²) >= 11 is 6.02. The Morgan fingerprint density at radius 1 is 1.50 bits per heavy atom. The third kappa shape index (κ3) is 3.51. The molecule has 88 valence electrons. The van der Waals surface area contributed by atoms with E-state index in [0.717, 1.165) is 5.56 Å². The van der Waals surface area contributed by atoms with Crippen LogP contribution in [-0.2, 0) is 16.0 Å². The molecule has 0 fully saturated rings. The summed E-state index contributed by atoms with van der Waals surface area (Å²) in [5.74, 6) is -0.878. The summed E-state index contributed by atoms with van der Waals surface area (Å²) in [5, 5.41) is 9.45. The quantitative estimate of drug-likeness (QED) is 0.864. The zero-order valence-corrected chi connectivity index (χ0v) is 10.1. The van der Waals surface area contributed by atoms with Crippen molar-refractivity contribution in [1.29, 1.82) is 0 Å². The third-order valence-corrected chi connectivity index (χ3v) is 2.91. The van der Waals surface area contributed by atoms with Gasteiger partial charge in [0.2, 0.25) is 0 Å². The summed E-state index contributed by atoms with van der Waals surface area (Å²) in [6.45, 7) is 1.77. The first-order chi connectivity index (χ1) is 7.47. The maximum absolute atomic E-state index is 10.7. The Labute approximate surface area is 100.0 Å². The summed E-state index contributed by atoms with van der Waals surface area (Å²) < 4.78 is 5.27. The molecule has 1 aromatic rings. The number of rotatable bonds is 5. The molecule has 1 N–H and O–H groups in total. The lowest BCUT2D eigenvalue weighted by molar-refractivity contribution is -0.143. The van der Waals surface area contributed by atoms with Crippen molar-refractivity contribution in [3.05, 3.63) is 34.9 Å². The van der Waals surface area contributed by atoms with Gasteiger partial charge in [-0.1, -0.05) is 29.8 Å². The van der Waals surface area contributed by atoms with Gasteiger partial charge >= 0.3 is 5.97 Å². The lowest BCUT2D eigenvalue weighted by Crippen LogP contribution is -2.33. The van der Waals surface area contributed by atoms with E-state index in [1.807, 2.05) is 18.2 Å². The van der Waals surface area contributed by atoms with E-state index in [1.165, 1.54) is 7.11 Å². The highest BCUT2D eigenvalue weighted by Crippen LogP contribution is 2.25. The first-order valence-corrected chi connectivity index (χ1v) is 5.35. The molecular formula is C12H15ClO3. The molecule has 0 heterocycles. The predicted molar refractivity (Wildman–Crippen MR) is 62.8 cm³/mol. The second kappa shape index (κ2) is 5.32. The van der Waals surface area contributed by atoms with Gasteiger partial charge in [-0.3, -0.25) is 4.79 Å². The highest BCUT2D eigenvalue weighted by Gasteiger charge is 2.28. The van der Waals surface area contributed by atoms with E-state index in [2.05, 4.69) is 0 Å². The number of aliphatic carboxylic acids is 1. The molecule has 3 nitrogen and oxygen atoms in total. The molecule has 0 amide bonds. The van der Waals surface area contributed by atoms with Gasteiger partial charge in [-0.05, 0) is 18.6 Å². The van der Waals surface area contributed by atoms with Crippen molar-refractivity contribution in [2.45, 2.75) is 25.4 Å². The molecule has 1 aromatic carbocycles. The summed E-state index contributed by atoms with van der Waals surface area (Å²) in [7, 11) is 1.51. The molecule has 0 saturated carbocycles. The predicted octanol–water partition coefficient (Wildman–Crippen LogP) is 2.76. The van der Waals surface area contributed by atoms with Gasteiger partial charge in [-0.2, -0.15) is 0 Å². The van der Waals surface area contributed by atoms with Gasteiger partial charge in [0.1, 0.15) is 0 Å². The van der Waals surface area contributed by atoms with Crippen LogP contribution in [0.2, 0.25) is 5.02 Å². The minimum Gasteiger partial charge on any atom is -0.481 e. The Balaban J connectivity index is 2.85. The van der Waals surface area contributed by atoms with Crippen LogP contribution in [0.25, 0.3) is 0 Å². The summed E-state index contributed by atoms with van der Waals surface area (Å²) in [6.07, 6.45) is 0.435. The summed E-state index contributed by atoms with van der Waals surface area (Å²) in [4.78, 5) is 10.7. The van der Waals surface area contributed by atoms with Crippen LogP contribution in [0, 0.1) is 0 Å². The molecule has 4 heteroatoms. The smallest absolute Gasteiger partial charge is 0.306 e. The number of hydrogen-bond donors (Lipinski definition) is 1. The fraction of sp³-hybridized carbons (Fsp3) is 0.417. The summed E-state index contributed by atoms with van der Waals surface area (Å²) in [5.41, 5.74) is 0.173. The highest BCUT2D eigenvalue weighted by atomic mass is 35.5. The van der Waals surface area contributed by atoms with Crippen molar-refractivity contribution in [3.8, 4) is 0 Å². The number of ether oxygens (including phenoxy) is 1. The fourth-order valence-corrected chi connectivity index (χ4v) is 1.77. The minimum atomic E-state index is -0.878. The molecule has 0 aliphatic heterocycles. The van der Waals surface area contributed by atoms with Gasteiger partial charge in [0.25, 0.3) is 0 Å². The standard InChI is InChI=1S/C12H15ClO3/c1-12(16-2,8-11(14)15)7-9-5-3-4-6-10(9)13/h3-6H,7-8H2,1-2H3,(H,14,15). The van der Waals surface area contributed by atoms with Crippen molar-refractivity contribution >= 4 is 17.6 Å². The molecule has 1 atom stereocenters. The number of halogens is 1. The lowest BCUT2D eigenvalue weighted by Gasteiger charge is -2.26. The zero-order valence-electron chi connectivity index (χ0n) is 9.37. The van der Waals surface area contributed by atoms with Crippen molar-refractivity contribution < 1.29 is 14.6 Å². The molecule has 16 heavy (non-hydrogen) atoms. The molecule has 0 aliphatic carbocycles. The average molecular weight is 243 g/mol. The third-order valence-electron chi connectivity index (χ3n) is 2.54. The van der Waals surface area contributed by atoms with E-state index >= 15 is 0 Å². The normalized spacial score (nSPS) is 14.4. The van der Waals surface area contributed by atoms with Gasteiger partial charge in [-0.15, -0.1) is 0 Å². The number of carbonyl (C=O) groups is 1. The molecule has 0 radical (unpaired) electrons. The number of methoxy groups -OCH3 is 1. The van der Waals surface area contributed by atoms with Crippen molar-refractivity contribution in [2.24, 2.45) is 0 Å². The van der Waals surface area contributed by atoms with Crippen molar-refractivity contribution in [2.75, 3.05) is 7.11 Å². The Hall–Kier alpha value is -1.06. The van der Waals surface area contributed by atoms with Gasteiger partial charge in [0, 0.05) is 18.6 Å². The Morgan fingerprint density at radius 3 is 2.62 bits per heavy atom. The highest BCUT2D eigenvalue weighted by molar-refractivity contribution is 6.31. The van der Waals surface area contributed by atoms with Crippen LogP contribution in [0.1, 0.15) is 18.9 Å². The molecular weight excluding hydrogens is 228 g/mol. The van der Waals surface area contributed by atoms with Gasteiger partial charge in [0.05, 0.1) is 12.0 Å². The molecule has 1 unspecified atom stereocenters. The van der Waals surface area contributed by atoms with E-state index in [1.54, 1.807) is 13.0 Å². The first-order valence-electron chi connectivity index (χ1n) is 4.97. The SMILES string of the molecule is COC(C)(CC(=O)O)Cc1ccccc1Cl. The summed E-state index contributed by atoms with van der Waals surface area (Å²) in [6, 6.07) is 7.38. The fourth-order valence-electron chi connectivity index (χ4n) is 1.57. The minimum absolute atomic E-state index is 0.0469. The van der Waals surface area contributed by atoms with Gasteiger partial charge in [0.15, 0.2) is 0 Å².